The average molecular weight is 271 g/mol. The van der Waals surface area contributed by atoms with Crippen LogP contribution >= 0.6 is 0 Å². The van der Waals surface area contributed by atoms with Crippen LogP contribution in [0.5, 0.6) is 0 Å². The number of nitrogens with one attached hydrogen (secondary N) is 1. The summed E-state index contributed by atoms with van der Waals surface area (Å²) in [6.07, 6.45) is 2.60. The van der Waals surface area contributed by atoms with Gasteiger partial charge in [-0.05, 0) is 31.9 Å². The standard InChI is InChI=1S/C15H17N3O2/c1-10-2-4-12(5-3-10)15-18-17-13(20-15)8-9-16-14(19)11-6-7-11/h2-5,11H,6-9H2,1H3,(H,16,19). The van der Waals surface area contributed by atoms with Crippen molar-refractivity contribution >= 4 is 5.91 Å². The normalized spacial score (nSPS) is 14.2. The molecule has 1 amide bonds. The van der Waals surface area contributed by atoms with Crippen LogP contribution in [-0.2, 0) is 11.2 Å². The van der Waals surface area contributed by atoms with E-state index in [2.05, 4.69) is 15.5 Å². The molecule has 0 saturated heterocycles. The molecule has 1 aliphatic carbocycles. The lowest BCUT2D eigenvalue weighted by atomic mass is 10.1. The highest BCUT2D eigenvalue weighted by molar-refractivity contribution is 5.80. The van der Waals surface area contributed by atoms with Crippen LogP contribution in [0.25, 0.3) is 11.5 Å². The molecule has 0 spiro atoms. The number of hydrogen-bond donors (Lipinski definition) is 1. The maximum absolute atomic E-state index is 11.5. The molecule has 0 aliphatic heterocycles. The molecule has 0 atom stereocenters. The molecule has 1 fully saturated rings. The highest BCUT2D eigenvalue weighted by Crippen LogP contribution is 2.28. The number of hydrogen-bond acceptors (Lipinski definition) is 4. The fourth-order valence-electron chi connectivity index (χ4n) is 1.95. The van der Waals surface area contributed by atoms with Crippen molar-refractivity contribution in [3.05, 3.63) is 35.7 Å². The zero-order chi connectivity index (χ0) is 13.9. The Morgan fingerprint density at radius 1 is 1.30 bits per heavy atom. The minimum Gasteiger partial charge on any atom is -0.421 e. The lowest BCUT2D eigenvalue weighted by molar-refractivity contribution is -0.122. The largest absolute Gasteiger partial charge is 0.421 e. The van der Waals surface area contributed by atoms with E-state index in [-0.39, 0.29) is 11.8 Å². The first-order valence-corrected chi connectivity index (χ1v) is 6.89. The van der Waals surface area contributed by atoms with E-state index < -0.39 is 0 Å². The molecule has 3 rings (SSSR count). The highest BCUT2D eigenvalue weighted by atomic mass is 16.4. The molecule has 5 nitrogen and oxygen atoms in total. The van der Waals surface area contributed by atoms with Gasteiger partial charge in [0.2, 0.25) is 17.7 Å². The fraction of sp³-hybridized carbons (Fsp3) is 0.400. The first kappa shape index (κ1) is 12.8. The first-order chi connectivity index (χ1) is 9.72. The molecule has 0 bridgehead atoms. The molecule has 1 N–H and O–H groups in total. The molecule has 0 unspecified atom stereocenters. The molecule has 1 saturated carbocycles. The minimum atomic E-state index is 0.142. The van der Waals surface area contributed by atoms with E-state index in [4.69, 9.17) is 4.42 Å². The van der Waals surface area contributed by atoms with Crippen molar-refractivity contribution in [2.24, 2.45) is 5.92 Å². The summed E-state index contributed by atoms with van der Waals surface area (Å²) in [5.74, 6) is 1.45. The van der Waals surface area contributed by atoms with Gasteiger partial charge in [-0.2, -0.15) is 0 Å². The molecule has 1 aromatic carbocycles. The van der Waals surface area contributed by atoms with E-state index in [1.165, 1.54) is 5.56 Å². The lowest BCUT2D eigenvalue weighted by Gasteiger charge is -2.00. The van der Waals surface area contributed by atoms with Crippen LogP contribution in [0, 0.1) is 12.8 Å². The summed E-state index contributed by atoms with van der Waals surface area (Å²) in [5.41, 5.74) is 2.10. The van der Waals surface area contributed by atoms with E-state index in [0.717, 1.165) is 18.4 Å². The van der Waals surface area contributed by atoms with Crippen molar-refractivity contribution in [2.45, 2.75) is 26.2 Å². The molecule has 1 heterocycles. The van der Waals surface area contributed by atoms with E-state index >= 15 is 0 Å². The van der Waals surface area contributed by atoms with Crippen molar-refractivity contribution in [1.82, 2.24) is 15.5 Å². The average Bonchev–Trinajstić information content (AvgIpc) is 3.20. The first-order valence-electron chi connectivity index (χ1n) is 6.89. The summed E-state index contributed by atoms with van der Waals surface area (Å²) in [7, 11) is 0. The van der Waals surface area contributed by atoms with Gasteiger partial charge in [0, 0.05) is 24.4 Å². The summed E-state index contributed by atoms with van der Waals surface area (Å²) < 4.78 is 5.59. The van der Waals surface area contributed by atoms with Gasteiger partial charge in [-0.25, -0.2) is 0 Å². The van der Waals surface area contributed by atoms with Crippen LogP contribution in [0.3, 0.4) is 0 Å². The molecule has 20 heavy (non-hydrogen) atoms. The maximum Gasteiger partial charge on any atom is 0.247 e. The van der Waals surface area contributed by atoms with Crippen LogP contribution in [0.15, 0.2) is 28.7 Å². The van der Waals surface area contributed by atoms with Crippen LogP contribution in [-0.4, -0.2) is 22.6 Å². The van der Waals surface area contributed by atoms with Gasteiger partial charge in [0.1, 0.15) is 0 Å². The Bertz CT molecular complexity index is 600. The van der Waals surface area contributed by atoms with Gasteiger partial charge in [0.25, 0.3) is 0 Å². The van der Waals surface area contributed by atoms with Crippen molar-refractivity contribution in [1.29, 1.82) is 0 Å². The van der Waals surface area contributed by atoms with Gasteiger partial charge in [0.05, 0.1) is 0 Å². The van der Waals surface area contributed by atoms with Crippen LogP contribution < -0.4 is 5.32 Å². The van der Waals surface area contributed by atoms with Gasteiger partial charge in [-0.1, -0.05) is 17.7 Å². The van der Waals surface area contributed by atoms with Gasteiger partial charge in [-0.15, -0.1) is 10.2 Å². The van der Waals surface area contributed by atoms with Crippen molar-refractivity contribution in [3.63, 3.8) is 0 Å². The Morgan fingerprint density at radius 2 is 2.05 bits per heavy atom. The van der Waals surface area contributed by atoms with E-state index in [0.29, 0.717) is 24.7 Å². The summed E-state index contributed by atoms with van der Waals surface area (Å²) in [6.45, 7) is 2.58. The van der Waals surface area contributed by atoms with E-state index in [1.807, 2.05) is 31.2 Å². The number of carbonyl (C=O) groups is 1. The quantitative estimate of drug-likeness (QED) is 0.904. The Labute approximate surface area is 117 Å². The molecule has 0 radical (unpaired) electrons. The van der Waals surface area contributed by atoms with Gasteiger partial charge < -0.3 is 9.73 Å². The number of benzene rings is 1. The van der Waals surface area contributed by atoms with Gasteiger partial charge in [-0.3, -0.25) is 4.79 Å². The third-order valence-electron chi connectivity index (χ3n) is 3.35. The maximum atomic E-state index is 11.5. The fourth-order valence-corrected chi connectivity index (χ4v) is 1.95. The summed E-state index contributed by atoms with van der Waals surface area (Å²) in [4.78, 5) is 11.5. The Balaban J connectivity index is 1.56. The van der Waals surface area contributed by atoms with E-state index in [9.17, 15) is 4.79 Å². The Kier molecular flexibility index (Phi) is 3.50. The summed E-state index contributed by atoms with van der Waals surface area (Å²) >= 11 is 0. The number of carbonyl (C=O) groups excluding carboxylic acids is 1. The molecule has 5 heteroatoms. The number of amides is 1. The van der Waals surface area contributed by atoms with Crippen molar-refractivity contribution in [2.75, 3.05) is 6.54 Å². The van der Waals surface area contributed by atoms with Gasteiger partial charge in [0.15, 0.2) is 0 Å². The summed E-state index contributed by atoms with van der Waals surface area (Å²) in [5, 5.41) is 10.9. The number of aryl methyl sites for hydroxylation is 1. The van der Waals surface area contributed by atoms with Gasteiger partial charge >= 0.3 is 0 Å². The van der Waals surface area contributed by atoms with Crippen LogP contribution in [0.4, 0.5) is 0 Å². The molecule has 2 aromatic rings. The number of nitrogens with zero attached hydrogens (tertiary/aromatic N) is 2. The zero-order valence-electron chi connectivity index (χ0n) is 11.4. The lowest BCUT2D eigenvalue weighted by Crippen LogP contribution is -2.26. The molecule has 1 aromatic heterocycles. The predicted molar refractivity (Wildman–Crippen MR) is 73.9 cm³/mol. The Hall–Kier alpha value is -2.17. The second kappa shape index (κ2) is 5.45. The highest BCUT2D eigenvalue weighted by Gasteiger charge is 2.29. The second-order valence-electron chi connectivity index (χ2n) is 5.18. The number of rotatable bonds is 5. The zero-order valence-corrected chi connectivity index (χ0v) is 11.4. The monoisotopic (exact) mass is 271 g/mol. The topological polar surface area (TPSA) is 68.0 Å². The molecular weight excluding hydrogens is 254 g/mol. The molecular formula is C15H17N3O2. The van der Waals surface area contributed by atoms with Crippen LogP contribution in [0.1, 0.15) is 24.3 Å². The van der Waals surface area contributed by atoms with Crippen molar-refractivity contribution < 1.29 is 9.21 Å². The number of aromatic nitrogens is 2. The minimum absolute atomic E-state index is 0.142. The molecule has 104 valence electrons. The second-order valence-corrected chi connectivity index (χ2v) is 5.18. The smallest absolute Gasteiger partial charge is 0.247 e. The third kappa shape index (κ3) is 3.04. The summed E-state index contributed by atoms with van der Waals surface area (Å²) in [6, 6.07) is 7.94. The predicted octanol–water partition coefficient (Wildman–Crippen LogP) is 2.11. The SMILES string of the molecule is Cc1ccc(-c2nnc(CCNC(=O)C3CC3)o2)cc1. The van der Waals surface area contributed by atoms with E-state index in [1.54, 1.807) is 0 Å². The third-order valence-corrected chi connectivity index (χ3v) is 3.35. The van der Waals surface area contributed by atoms with Crippen LogP contribution in [0.2, 0.25) is 0 Å². The molecule has 1 aliphatic rings. The van der Waals surface area contributed by atoms with Crippen molar-refractivity contribution in [3.8, 4) is 11.5 Å². The Morgan fingerprint density at radius 3 is 2.75 bits per heavy atom.